The van der Waals surface area contributed by atoms with Crippen molar-refractivity contribution in [2.45, 2.75) is 58.5 Å². The number of aryl methyl sites for hydroxylation is 2. The zero-order valence-corrected chi connectivity index (χ0v) is 11.9. The maximum absolute atomic E-state index is 11.7. The first-order valence-corrected chi connectivity index (χ1v) is 7.20. The van der Waals surface area contributed by atoms with Crippen LogP contribution in [0.25, 0.3) is 0 Å². The summed E-state index contributed by atoms with van der Waals surface area (Å²) in [6.07, 6.45) is 6.00. The Kier molecular flexibility index (Phi) is 4.82. The number of urea groups is 1. The van der Waals surface area contributed by atoms with Crippen LogP contribution in [0.3, 0.4) is 0 Å². The van der Waals surface area contributed by atoms with Gasteiger partial charge in [0.25, 0.3) is 0 Å². The molecule has 2 amide bonds. The Bertz CT molecular complexity index is 421. The minimum absolute atomic E-state index is 0.0477. The summed E-state index contributed by atoms with van der Waals surface area (Å²) >= 11 is 0. The van der Waals surface area contributed by atoms with Gasteiger partial charge in [0.2, 0.25) is 0 Å². The zero-order chi connectivity index (χ0) is 13.7. The van der Waals surface area contributed by atoms with Crippen molar-refractivity contribution in [2.75, 3.05) is 6.54 Å². The molecule has 1 aliphatic carbocycles. The molecular weight excluding hydrogens is 240 g/mol. The number of aromatic nitrogens is 2. The van der Waals surface area contributed by atoms with Gasteiger partial charge < -0.3 is 10.6 Å². The quantitative estimate of drug-likeness (QED) is 0.875. The molecule has 2 N–H and O–H groups in total. The molecule has 2 rings (SSSR count). The van der Waals surface area contributed by atoms with Crippen molar-refractivity contribution in [1.82, 2.24) is 20.4 Å². The third kappa shape index (κ3) is 4.26. The van der Waals surface area contributed by atoms with E-state index >= 15 is 0 Å². The Hall–Kier alpha value is -1.52. The first kappa shape index (κ1) is 13.9. The lowest BCUT2D eigenvalue weighted by Gasteiger charge is -2.22. The first-order chi connectivity index (χ1) is 9.15. The van der Waals surface area contributed by atoms with Gasteiger partial charge in [-0.2, -0.15) is 5.10 Å². The van der Waals surface area contributed by atoms with Gasteiger partial charge in [-0.3, -0.25) is 4.68 Å². The fourth-order valence-corrected chi connectivity index (χ4v) is 2.66. The Morgan fingerprint density at radius 1 is 1.37 bits per heavy atom. The van der Waals surface area contributed by atoms with Gasteiger partial charge in [-0.05, 0) is 32.8 Å². The smallest absolute Gasteiger partial charge is 0.315 e. The number of nitrogens with one attached hydrogen (secondary N) is 2. The maximum atomic E-state index is 11.7. The molecule has 19 heavy (non-hydrogen) atoms. The summed E-state index contributed by atoms with van der Waals surface area (Å²) in [4.78, 5) is 11.7. The van der Waals surface area contributed by atoms with E-state index < -0.39 is 0 Å². The van der Waals surface area contributed by atoms with Gasteiger partial charge in [-0.1, -0.05) is 19.3 Å². The summed E-state index contributed by atoms with van der Waals surface area (Å²) in [6, 6.07) is 2.36. The van der Waals surface area contributed by atoms with Crippen molar-refractivity contribution in [1.29, 1.82) is 0 Å². The number of carbonyl (C=O) groups is 1. The van der Waals surface area contributed by atoms with Gasteiger partial charge in [0.1, 0.15) is 0 Å². The zero-order valence-electron chi connectivity index (χ0n) is 11.9. The molecule has 0 saturated heterocycles. The fourth-order valence-electron chi connectivity index (χ4n) is 2.66. The molecule has 0 unspecified atom stereocenters. The SMILES string of the molecule is Cc1cc(C)n(CCNC(=O)NC2CCCCC2)n1. The lowest BCUT2D eigenvalue weighted by atomic mass is 9.96. The highest BCUT2D eigenvalue weighted by Gasteiger charge is 2.15. The van der Waals surface area contributed by atoms with Crippen LogP contribution in [-0.4, -0.2) is 28.4 Å². The predicted molar refractivity (Wildman–Crippen MR) is 75.1 cm³/mol. The molecule has 1 heterocycles. The standard InChI is InChI=1S/C14H24N4O/c1-11-10-12(2)18(17-11)9-8-15-14(19)16-13-6-4-3-5-7-13/h10,13H,3-9H2,1-2H3,(H2,15,16,19). The second kappa shape index (κ2) is 6.59. The normalized spacial score (nSPS) is 16.3. The van der Waals surface area contributed by atoms with E-state index in [9.17, 15) is 4.79 Å². The molecule has 0 aliphatic heterocycles. The van der Waals surface area contributed by atoms with E-state index in [0.29, 0.717) is 12.6 Å². The first-order valence-electron chi connectivity index (χ1n) is 7.20. The number of nitrogens with zero attached hydrogens (tertiary/aromatic N) is 2. The minimum Gasteiger partial charge on any atom is -0.336 e. The molecule has 1 aromatic rings. The van der Waals surface area contributed by atoms with Crippen LogP contribution in [0.5, 0.6) is 0 Å². The van der Waals surface area contributed by atoms with Crippen LogP contribution in [-0.2, 0) is 6.54 Å². The van der Waals surface area contributed by atoms with Crippen molar-refractivity contribution < 1.29 is 4.79 Å². The molecule has 5 heteroatoms. The summed E-state index contributed by atoms with van der Waals surface area (Å²) in [6.45, 7) is 5.34. The fraction of sp³-hybridized carbons (Fsp3) is 0.714. The average Bonchev–Trinajstić information content (AvgIpc) is 2.69. The summed E-state index contributed by atoms with van der Waals surface area (Å²) in [5, 5.41) is 10.3. The van der Waals surface area contributed by atoms with Crippen LogP contribution in [0.15, 0.2) is 6.07 Å². The molecule has 0 bridgehead atoms. The topological polar surface area (TPSA) is 59.0 Å². The molecular formula is C14H24N4O. The summed E-state index contributed by atoms with van der Waals surface area (Å²) in [5.74, 6) is 0. The molecule has 0 radical (unpaired) electrons. The molecule has 1 aliphatic rings. The van der Waals surface area contributed by atoms with Gasteiger partial charge in [-0.15, -0.1) is 0 Å². The number of amides is 2. The van der Waals surface area contributed by atoms with Crippen LogP contribution >= 0.6 is 0 Å². The molecule has 5 nitrogen and oxygen atoms in total. The van der Waals surface area contributed by atoms with Gasteiger partial charge in [0.15, 0.2) is 0 Å². The van der Waals surface area contributed by atoms with E-state index in [1.807, 2.05) is 24.6 Å². The molecule has 0 spiro atoms. The van der Waals surface area contributed by atoms with Crippen LogP contribution in [0.2, 0.25) is 0 Å². The highest BCUT2D eigenvalue weighted by atomic mass is 16.2. The summed E-state index contributed by atoms with van der Waals surface area (Å²) < 4.78 is 1.93. The van der Waals surface area contributed by atoms with E-state index in [4.69, 9.17) is 0 Å². The van der Waals surface area contributed by atoms with Gasteiger partial charge in [0, 0.05) is 18.3 Å². The second-order valence-electron chi connectivity index (χ2n) is 5.39. The Balaban J connectivity index is 1.67. The number of carbonyl (C=O) groups excluding carboxylic acids is 1. The van der Waals surface area contributed by atoms with Crippen molar-refractivity contribution in [2.24, 2.45) is 0 Å². The monoisotopic (exact) mass is 264 g/mol. The van der Waals surface area contributed by atoms with Gasteiger partial charge >= 0.3 is 6.03 Å². The van der Waals surface area contributed by atoms with E-state index in [1.54, 1.807) is 0 Å². The molecule has 1 fully saturated rings. The third-order valence-electron chi connectivity index (χ3n) is 3.65. The second-order valence-corrected chi connectivity index (χ2v) is 5.39. The highest BCUT2D eigenvalue weighted by molar-refractivity contribution is 5.74. The minimum atomic E-state index is -0.0477. The van der Waals surface area contributed by atoms with Crippen molar-refractivity contribution in [3.8, 4) is 0 Å². The summed E-state index contributed by atoms with van der Waals surface area (Å²) in [5.41, 5.74) is 2.15. The largest absolute Gasteiger partial charge is 0.336 e. The lowest BCUT2D eigenvalue weighted by Crippen LogP contribution is -2.43. The Morgan fingerprint density at radius 3 is 2.74 bits per heavy atom. The number of hydrogen-bond donors (Lipinski definition) is 2. The van der Waals surface area contributed by atoms with Crippen LogP contribution in [0, 0.1) is 13.8 Å². The van der Waals surface area contributed by atoms with Crippen LogP contribution < -0.4 is 10.6 Å². The van der Waals surface area contributed by atoms with E-state index in [1.165, 1.54) is 19.3 Å². The number of hydrogen-bond acceptors (Lipinski definition) is 2. The van der Waals surface area contributed by atoms with E-state index in [-0.39, 0.29) is 6.03 Å². The molecule has 106 valence electrons. The number of rotatable bonds is 4. The van der Waals surface area contributed by atoms with Crippen LogP contribution in [0.1, 0.15) is 43.5 Å². The van der Waals surface area contributed by atoms with Crippen molar-refractivity contribution in [3.05, 3.63) is 17.5 Å². The predicted octanol–water partition coefficient (Wildman–Crippen LogP) is 2.13. The Morgan fingerprint density at radius 2 is 2.11 bits per heavy atom. The van der Waals surface area contributed by atoms with Crippen LogP contribution in [0.4, 0.5) is 4.79 Å². The van der Waals surface area contributed by atoms with Crippen molar-refractivity contribution >= 4 is 6.03 Å². The van der Waals surface area contributed by atoms with E-state index in [2.05, 4.69) is 15.7 Å². The highest BCUT2D eigenvalue weighted by Crippen LogP contribution is 2.17. The maximum Gasteiger partial charge on any atom is 0.315 e. The van der Waals surface area contributed by atoms with Gasteiger partial charge in [0.05, 0.1) is 12.2 Å². The molecule has 1 saturated carbocycles. The molecule has 0 aromatic carbocycles. The lowest BCUT2D eigenvalue weighted by molar-refractivity contribution is 0.232. The third-order valence-corrected chi connectivity index (χ3v) is 3.65. The molecule has 0 atom stereocenters. The summed E-state index contributed by atoms with van der Waals surface area (Å²) in [7, 11) is 0. The Labute approximate surface area is 114 Å². The van der Waals surface area contributed by atoms with Crippen molar-refractivity contribution in [3.63, 3.8) is 0 Å². The van der Waals surface area contributed by atoms with Gasteiger partial charge in [-0.25, -0.2) is 4.79 Å². The van der Waals surface area contributed by atoms with E-state index in [0.717, 1.165) is 30.8 Å². The molecule has 1 aromatic heterocycles. The average molecular weight is 264 g/mol.